The van der Waals surface area contributed by atoms with Crippen molar-refractivity contribution in [1.29, 1.82) is 0 Å². The topological polar surface area (TPSA) is 43.4 Å². The second-order valence-corrected chi connectivity index (χ2v) is 17.6. The Morgan fingerprint density at radius 2 is 0.849 bits per heavy atom. The molecule has 7 heteroatoms. The van der Waals surface area contributed by atoms with Crippen LogP contribution in [-0.4, -0.2) is 26.7 Å². The fourth-order valence-corrected chi connectivity index (χ4v) is 9.02. The molecule has 0 atom stereocenters. The molecule has 5 aromatic rings. The number of hydrogen-bond donors (Lipinski definition) is 0. The highest BCUT2D eigenvalue weighted by Crippen LogP contribution is 2.51. The number of fused-ring (bicyclic) bond motifs is 6. The molecule has 0 bridgehead atoms. The fourth-order valence-electron chi connectivity index (χ4n) is 9.02. The Balaban J connectivity index is 1.39. The highest BCUT2D eigenvalue weighted by molar-refractivity contribution is 7.00. The van der Waals surface area contributed by atoms with Crippen molar-refractivity contribution in [3.8, 4) is 23.0 Å². The number of aryl methyl sites for hydroxylation is 5. The summed E-state index contributed by atoms with van der Waals surface area (Å²) in [6.07, 6.45) is 0. The van der Waals surface area contributed by atoms with Crippen LogP contribution >= 0.6 is 0 Å². The molecule has 0 unspecified atom stereocenters. The van der Waals surface area contributed by atoms with Crippen LogP contribution in [0.1, 0.15) is 80.5 Å². The van der Waals surface area contributed by atoms with Crippen LogP contribution in [0, 0.1) is 34.6 Å². The lowest BCUT2D eigenvalue weighted by Gasteiger charge is -2.46. The van der Waals surface area contributed by atoms with Gasteiger partial charge in [-0.1, -0.05) is 65.8 Å². The monoisotopic (exact) mass is 704 g/mol. The first kappa shape index (κ1) is 33.8. The lowest BCUT2D eigenvalue weighted by Crippen LogP contribution is -2.61. The molecular weight excluding hydrogens is 655 g/mol. The molecule has 270 valence electrons. The first-order valence-electron chi connectivity index (χ1n) is 19.0. The third-order valence-corrected chi connectivity index (χ3v) is 11.5. The van der Waals surface area contributed by atoms with Gasteiger partial charge >= 0.3 is 0 Å². The van der Waals surface area contributed by atoms with Gasteiger partial charge in [0, 0.05) is 34.9 Å². The maximum atomic E-state index is 6.30. The van der Waals surface area contributed by atoms with E-state index in [1.165, 1.54) is 78.1 Å². The summed E-state index contributed by atoms with van der Waals surface area (Å²) >= 11 is 0. The molecule has 9 rings (SSSR count). The van der Waals surface area contributed by atoms with Crippen LogP contribution in [0.3, 0.4) is 0 Å². The predicted molar refractivity (Wildman–Crippen MR) is 219 cm³/mol. The molecule has 0 fully saturated rings. The van der Waals surface area contributed by atoms with E-state index in [9.17, 15) is 0 Å². The van der Waals surface area contributed by atoms with Gasteiger partial charge in [0.05, 0.1) is 11.4 Å². The summed E-state index contributed by atoms with van der Waals surface area (Å²) in [5.41, 5.74) is 19.5. The van der Waals surface area contributed by atoms with Crippen LogP contribution in [0.5, 0.6) is 23.0 Å². The highest BCUT2D eigenvalue weighted by Gasteiger charge is 2.46. The number of rotatable bonds is 2. The molecule has 4 aliphatic rings. The average Bonchev–Trinajstić information content (AvgIpc) is 3.54. The first-order valence-corrected chi connectivity index (χ1v) is 19.0. The van der Waals surface area contributed by atoms with E-state index < -0.39 is 0 Å². The van der Waals surface area contributed by atoms with Crippen molar-refractivity contribution in [2.45, 2.75) is 87.0 Å². The minimum Gasteiger partial charge on any atom is -0.486 e. The van der Waals surface area contributed by atoms with Gasteiger partial charge in [-0.05, 0) is 125 Å². The zero-order chi connectivity index (χ0) is 37.3. The highest BCUT2D eigenvalue weighted by atomic mass is 16.7. The van der Waals surface area contributed by atoms with Gasteiger partial charge in [0.15, 0.2) is 23.0 Å². The smallest absolute Gasteiger partial charge is 0.252 e. The van der Waals surface area contributed by atoms with E-state index in [-0.39, 0.29) is 24.3 Å². The predicted octanol–water partition coefficient (Wildman–Crippen LogP) is 9.41. The second-order valence-electron chi connectivity index (χ2n) is 17.6. The lowest BCUT2D eigenvalue weighted by atomic mass is 9.33. The molecule has 5 aromatic carbocycles. The largest absolute Gasteiger partial charge is 0.486 e. The normalized spacial score (nSPS) is 15.3. The van der Waals surface area contributed by atoms with E-state index in [2.05, 4.69) is 147 Å². The van der Waals surface area contributed by atoms with Gasteiger partial charge in [-0.15, -0.1) is 0 Å². The summed E-state index contributed by atoms with van der Waals surface area (Å²) in [4.78, 5) is 5.01. The van der Waals surface area contributed by atoms with Gasteiger partial charge in [0.25, 0.3) is 6.71 Å². The van der Waals surface area contributed by atoms with E-state index in [0.717, 1.165) is 34.4 Å². The van der Waals surface area contributed by atoms with E-state index in [4.69, 9.17) is 18.9 Å². The molecule has 0 saturated carbocycles. The Kier molecular flexibility index (Phi) is 7.32. The molecule has 0 aromatic heterocycles. The number of anilines is 6. The number of benzene rings is 5. The molecule has 53 heavy (non-hydrogen) atoms. The molecule has 6 nitrogen and oxygen atoms in total. The molecule has 0 aliphatic carbocycles. The van der Waals surface area contributed by atoms with Crippen LogP contribution in [0.25, 0.3) is 0 Å². The minimum atomic E-state index is -0.0904. The summed E-state index contributed by atoms with van der Waals surface area (Å²) in [7, 11) is 0. The van der Waals surface area contributed by atoms with Gasteiger partial charge < -0.3 is 28.7 Å². The Labute approximate surface area is 314 Å². The zero-order valence-corrected chi connectivity index (χ0v) is 33.0. The Bertz CT molecular complexity index is 2340. The zero-order valence-electron chi connectivity index (χ0n) is 33.0. The standard InChI is InChI=1S/C46H49BN2O4/c1-25-14-36-42-37(15-25)49(44-28(4)18-31(19-29(44)5)46(9,10)11)35-23-41-39(52-24-53-41)21-33(35)47(42)32-20-38-40(51-13-12-50-38)22-34(32)48(36)43-26(2)16-30(17-27(43)3)45(6,7)8/h14-23H,12-13,24H2,1-11H3. The fraction of sp³-hybridized carbons (Fsp3) is 0.348. The number of hydrogen-bond acceptors (Lipinski definition) is 6. The molecule has 0 saturated heterocycles. The molecule has 4 aliphatic heterocycles. The van der Waals surface area contributed by atoms with Crippen molar-refractivity contribution in [3.05, 3.63) is 99.6 Å². The summed E-state index contributed by atoms with van der Waals surface area (Å²) in [5.74, 6) is 3.13. The SMILES string of the molecule is Cc1cc2c3c(c1)N(c1c(C)cc(C(C)(C)C)cc1C)c1cc4c(cc1B3c1cc3c(cc1N2c1c(C)cc(C(C)(C)C)cc1C)OCCO3)OCO4. The van der Waals surface area contributed by atoms with Crippen LogP contribution in [0.15, 0.2) is 60.7 Å². The van der Waals surface area contributed by atoms with E-state index >= 15 is 0 Å². The number of ether oxygens (including phenoxy) is 4. The molecule has 0 radical (unpaired) electrons. The summed E-state index contributed by atoms with van der Waals surface area (Å²) in [6.45, 7) is 26.2. The van der Waals surface area contributed by atoms with Crippen molar-refractivity contribution in [3.63, 3.8) is 0 Å². The maximum absolute atomic E-state index is 6.30. The van der Waals surface area contributed by atoms with Crippen molar-refractivity contribution in [2.24, 2.45) is 0 Å². The van der Waals surface area contributed by atoms with Crippen LogP contribution in [0.2, 0.25) is 0 Å². The van der Waals surface area contributed by atoms with Crippen LogP contribution < -0.4 is 45.1 Å². The lowest BCUT2D eigenvalue weighted by molar-refractivity contribution is 0.172. The summed E-state index contributed by atoms with van der Waals surface area (Å²) in [6, 6.07) is 23.1. The van der Waals surface area contributed by atoms with Crippen molar-refractivity contribution in [2.75, 3.05) is 29.8 Å². The molecule has 4 heterocycles. The van der Waals surface area contributed by atoms with Crippen molar-refractivity contribution >= 4 is 57.2 Å². The summed E-state index contributed by atoms with van der Waals surface area (Å²) < 4.78 is 24.8. The molecule has 0 N–H and O–H groups in total. The van der Waals surface area contributed by atoms with Crippen molar-refractivity contribution in [1.82, 2.24) is 0 Å². The number of nitrogens with zero attached hydrogens (tertiary/aromatic N) is 2. The van der Waals surface area contributed by atoms with E-state index in [1.807, 2.05) is 0 Å². The van der Waals surface area contributed by atoms with Gasteiger partial charge in [-0.3, -0.25) is 0 Å². The van der Waals surface area contributed by atoms with E-state index in [0.29, 0.717) is 13.2 Å². The third kappa shape index (κ3) is 5.14. The molecular formula is C46H49BN2O4. The van der Waals surface area contributed by atoms with Crippen LogP contribution in [0.4, 0.5) is 34.1 Å². The van der Waals surface area contributed by atoms with Gasteiger partial charge in [0.1, 0.15) is 13.2 Å². The van der Waals surface area contributed by atoms with Gasteiger partial charge in [-0.2, -0.15) is 0 Å². The molecule has 0 amide bonds. The molecule has 0 spiro atoms. The Hall–Kier alpha value is -5.04. The van der Waals surface area contributed by atoms with Gasteiger partial charge in [0.2, 0.25) is 6.79 Å². The van der Waals surface area contributed by atoms with Crippen molar-refractivity contribution < 1.29 is 18.9 Å². The Morgan fingerprint density at radius 3 is 1.26 bits per heavy atom. The third-order valence-electron chi connectivity index (χ3n) is 11.5. The average molecular weight is 705 g/mol. The minimum absolute atomic E-state index is 0.0280. The first-order chi connectivity index (χ1) is 25.1. The van der Waals surface area contributed by atoms with Crippen LogP contribution in [-0.2, 0) is 10.8 Å². The van der Waals surface area contributed by atoms with Gasteiger partial charge in [-0.25, -0.2) is 0 Å². The quantitative estimate of drug-likeness (QED) is 0.167. The maximum Gasteiger partial charge on any atom is 0.252 e. The second kappa shape index (κ2) is 11.5. The Morgan fingerprint density at radius 1 is 0.472 bits per heavy atom. The van der Waals surface area contributed by atoms with E-state index in [1.54, 1.807) is 0 Å². The summed E-state index contributed by atoms with van der Waals surface area (Å²) in [5, 5.41) is 0.